The highest BCUT2D eigenvalue weighted by molar-refractivity contribution is 5.16. The molecule has 0 N–H and O–H groups in total. The van der Waals surface area contributed by atoms with Gasteiger partial charge in [0.15, 0.2) is 5.69 Å². The van der Waals surface area contributed by atoms with Gasteiger partial charge in [-0.1, -0.05) is 18.1 Å². The average molecular weight is 215 g/mol. The molecule has 0 atom stereocenters. The van der Waals surface area contributed by atoms with Gasteiger partial charge in [-0.05, 0) is 19.3 Å². The molecule has 1 aliphatic carbocycles. The third-order valence-electron chi connectivity index (χ3n) is 2.94. The van der Waals surface area contributed by atoms with Crippen molar-refractivity contribution in [3.05, 3.63) is 11.4 Å². The van der Waals surface area contributed by atoms with Crippen molar-refractivity contribution < 1.29 is 8.78 Å². The smallest absolute Gasteiger partial charge is 0.252 e. The highest BCUT2D eigenvalue weighted by Gasteiger charge is 2.37. The molecule has 0 saturated carbocycles. The molecule has 1 heterocycles. The molecule has 0 spiro atoms. The molecule has 0 bridgehead atoms. The molecule has 0 radical (unpaired) electrons. The molecule has 0 aliphatic heterocycles. The standard InChI is InChI=1S/C10H15F2N3/c1-15-8-6-4-2-3-5-7-10(11,12)9(8)13-14-15/h2-7H2,1H3. The van der Waals surface area contributed by atoms with Crippen molar-refractivity contribution in [2.24, 2.45) is 7.05 Å². The molecule has 5 heteroatoms. The summed E-state index contributed by atoms with van der Waals surface area (Å²) in [6.07, 6.45) is 3.98. The number of hydrogen-bond donors (Lipinski definition) is 0. The first-order valence-electron chi connectivity index (χ1n) is 5.38. The Balaban J connectivity index is 2.37. The third-order valence-corrected chi connectivity index (χ3v) is 2.94. The lowest BCUT2D eigenvalue weighted by atomic mass is 10.1. The fourth-order valence-corrected chi connectivity index (χ4v) is 2.05. The monoisotopic (exact) mass is 215 g/mol. The summed E-state index contributed by atoms with van der Waals surface area (Å²) in [5.74, 6) is -2.80. The van der Waals surface area contributed by atoms with Crippen LogP contribution in [0.1, 0.15) is 43.5 Å². The third kappa shape index (κ3) is 2.01. The normalized spacial score (nSPS) is 21.3. The van der Waals surface area contributed by atoms with Crippen LogP contribution in [0.2, 0.25) is 0 Å². The molecule has 1 aromatic rings. The minimum absolute atomic E-state index is 0.0985. The molecular formula is C10H15F2N3. The van der Waals surface area contributed by atoms with Gasteiger partial charge in [0.25, 0.3) is 5.92 Å². The molecule has 15 heavy (non-hydrogen) atoms. The van der Waals surface area contributed by atoms with Crippen molar-refractivity contribution >= 4 is 0 Å². The van der Waals surface area contributed by atoms with Crippen LogP contribution in [-0.4, -0.2) is 15.0 Å². The number of aryl methyl sites for hydroxylation is 1. The van der Waals surface area contributed by atoms with Crippen LogP contribution in [0.4, 0.5) is 8.78 Å². The Bertz CT molecular complexity index is 346. The van der Waals surface area contributed by atoms with Gasteiger partial charge in [-0.15, -0.1) is 5.10 Å². The van der Waals surface area contributed by atoms with Crippen molar-refractivity contribution in [2.75, 3.05) is 0 Å². The first-order valence-corrected chi connectivity index (χ1v) is 5.38. The summed E-state index contributed by atoms with van der Waals surface area (Å²) in [5.41, 5.74) is 0.494. The van der Waals surface area contributed by atoms with E-state index in [0.29, 0.717) is 18.5 Å². The number of hydrogen-bond acceptors (Lipinski definition) is 2. The quantitative estimate of drug-likeness (QED) is 0.665. The van der Waals surface area contributed by atoms with Crippen molar-refractivity contribution in [1.82, 2.24) is 15.0 Å². The molecule has 0 fully saturated rings. The second kappa shape index (κ2) is 3.87. The Morgan fingerprint density at radius 3 is 2.73 bits per heavy atom. The number of rotatable bonds is 0. The molecule has 3 nitrogen and oxygen atoms in total. The highest BCUT2D eigenvalue weighted by atomic mass is 19.3. The van der Waals surface area contributed by atoms with Crippen LogP contribution in [0.3, 0.4) is 0 Å². The molecule has 1 aliphatic rings. The maximum atomic E-state index is 13.7. The van der Waals surface area contributed by atoms with Gasteiger partial charge in [0.05, 0.1) is 5.69 Å². The summed E-state index contributed by atoms with van der Waals surface area (Å²) in [6, 6.07) is 0. The van der Waals surface area contributed by atoms with E-state index in [9.17, 15) is 8.78 Å². The Morgan fingerprint density at radius 1 is 1.20 bits per heavy atom. The van der Waals surface area contributed by atoms with Crippen LogP contribution in [0.5, 0.6) is 0 Å². The molecule has 0 saturated heterocycles. The second-order valence-corrected chi connectivity index (χ2v) is 4.13. The SMILES string of the molecule is Cn1nnc2c1CCCCCCC2(F)F. The zero-order valence-corrected chi connectivity index (χ0v) is 8.84. The van der Waals surface area contributed by atoms with Gasteiger partial charge in [0, 0.05) is 13.5 Å². The zero-order valence-electron chi connectivity index (χ0n) is 8.84. The Labute approximate surface area is 87.5 Å². The van der Waals surface area contributed by atoms with E-state index in [1.165, 1.54) is 4.68 Å². The maximum Gasteiger partial charge on any atom is 0.293 e. The van der Waals surface area contributed by atoms with Gasteiger partial charge < -0.3 is 0 Å². The lowest BCUT2D eigenvalue weighted by Crippen LogP contribution is -2.16. The summed E-state index contributed by atoms with van der Waals surface area (Å²) < 4.78 is 28.9. The van der Waals surface area contributed by atoms with Crippen LogP contribution in [0.15, 0.2) is 0 Å². The van der Waals surface area contributed by atoms with Gasteiger partial charge in [-0.3, -0.25) is 4.68 Å². The molecule has 0 unspecified atom stereocenters. The molecule has 0 aromatic carbocycles. The van der Waals surface area contributed by atoms with E-state index in [1.807, 2.05) is 0 Å². The summed E-state index contributed by atoms with van der Waals surface area (Å²) in [7, 11) is 1.68. The van der Waals surface area contributed by atoms with Crippen molar-refractivity contribution in [2.45, 2.75) is 44.4 Å². The van der Waals surface area contributed by atoms with Crippen molar-refractivity contribution in [3.8, 4) is 0 Å². The van der Waals surface area contributed by atoms with Gasteiger partial charge in [0.2, 0.25) is 0 Å². The van der Waals surface area contributed by atoms with Gasteiger partial charge in [-0.2, -0.15) is 8.78 Å². The Hall–Kier alpha value is -1.00. The van der Waals surface area contributed by atoms with Crippen LogP contribution < -0.4 is 0 Å². The van der Waals surface area contributed by atoms with Crippen LogP contribution in [0.25, 0.3) is 0 Å². The molecule has 1 aromatic heterocycles. The average Bonchev–Trinajstić information content (AvgIpc) is 2.55. The van der Waals surface area contributed by atoms with E-state index in [-0.39, 0.29) is 12.1 Å². The molecule has 2 rings (SSSR count). The van der Waals surface area contributed by atoms with E-state index in [4.69, 9.17) is 0 Å². The summed E-state index contributed by atoms with van der Waals surface area (Å²) >= 11 is 0. The van der Waals surface area contributed by atoms with E-state index in [0.717, 1.165) is 19.3 Å². The van der Waals surface area contributed by atoms with Crippen molar-refractivity contribution in [1.29, 1.82) is 0 Å². The molecule has 84 valence electrons. The van der Waals surface area contributed by atoms with Crippen molar-refractivity contribution in [3.63, 3.8) is 0 Å². The molecular weight excluding hydrogens is 200 g/mol. The summed E-state index contributed by atoms with van der Waals surface area (Å²) in [5, 5.41) is 7.31. The van der Waals surface area contributed by atoms with Crippen LogP contribution >= 0.6 is 0 Å². The summed E-state index contributed by atoms with van der Waals surface area (Å²) in [4.78, 5) is 0. The minimum atomic E-state index is -2.80. The van der Waals surface area contributed by atoms with Crippen LogP contribution in [0, 0.1) is 0 Å². The predicted octanol–water partition coefficient (Wildman–Crippen LogP) is 2.41. The lowest BCUT2D eigenvalue weighted by Gasteiger charge is -2.13. The number of halogens is 2. The fourth-order valence-electron chi connectivity index (χ4n) is 2.05. The maximum absolute atomic E-state index is 13.7. The zero-order chi connectivity index (χ0) is 10.9. The number of fused-ring (bicyclic) bond motifs is 1. The topological polar surface area (TPSA) is 30.7 Å². The van der Waals surface area contributed by atoms with E-state index >= 15 is 0 Å². The van der Waals surface area contributed by atoms with Gasteiger partial charge in [0.1, 0.15) is 0 Å². The minimum Gasteiger partial charge on any atom is -0.252 e. The highest BCUT2D eigenvalue weighted by Crippen LogP contribution is 2.35. The first-order chi connectivity index (χ1) is 7.11. The Morgan fingerprint density at radius 2 is 1.93 bits per heavy atom. The number of alkyl halides is 2. The predicted molar refractivity (Wildman–Crippen MR) is 51.7 cm³/mol. The van der Waals surface area contributed by atoms with E-state index in [1.54, 1.807) is 7.05 Å². The van der Waals surface area contributed by atoms with Crippen LogP contribution in [-0.2, 0) is 19.4 Å². The lowest BCUT2D eigenvalue weighted by molar-refractivity contribution is -0.0205. The van der Waals surface area contributed by atoms with E-state index < -0.39 is 5.92 Å². The fraction of sp³-hybridized carbons (Fsp3) is 0.800. The number of nitrogens with zero attached hydrogens (tertiary/aromatic N) is 3. The largest absolute Gasteiger partial charge is 0.293 e. The van der Waals surface area contributed by atoms with E-state index in [2.05, 4.69) is 10.3 Å². The molecule has 0 amide bonds. The second-order valence-electron chi connectivity index (χ2n) is 4.13. The number of aromatic nitrogens is 3. The van der Waals surface area contributed by atoms with Gasteiger partial charge >= 0.3 is 0 Å². The summed E-state index contributed by atoms with van der Waals surface area (Å²) in [6.45, 7) is 0. The Kier molecular flexibility index (Phi) is 2.71. The van der Waals surface area contributed by atoms with Gasteiger partial charge in [-0.25, -0.2) is 0 Å². The first kappa shape index (κ1) is 10.5.